The third-order valence-electron chi connectivity index (χ3n) is 3.27. The predicted molar refractivity (Wildman–Crippen MR) is 92.1 cm³/mol. The second kappa shape index (κ2) is 6.68. The molecule has 0 unspecified atom stereocenters. The van der Waals surface area contributed by atoms with Crippen molar-refractivity contribution in [3.05, 3.63) is 74.9 Å². The molecule has 0 aliphatic carbocycles. The van der Waals surface area contributed by atoms with Crippen LogP contribution in [0.4, 0.5) is 9.18 Å². The summed E-state index contributed by atoms with van der Waals surface area (Å²) in [5.41, 5.74) is 1.55. The summed E-state index contributed by atoms with van der Waals surface area (Å²) in [5.74, 6) is -0.672. The Kier molecular flexibility index (Phi) is 4.63. The average molecular weight is 392 g/mol. The normalized spacial score (nSPS) is 16.4. The molecule has 0 atom stereocenters. The summed E-state index contributed by atoms with van der Waals surface area (Å²) in [6.45, 7) is 0.227. The van der Waals surface area contributed by atoms with Crippen molar-refractivity contribution < 1.29 is 14.0 Å². The van der Waals surface area contributed by atoms with Crippen LogP contribution in [0.25, 0.3) is 6.08 Å². The molecular weight excluding hydrogens is 381 g/mol. The van der Waals surface area contributed by atoms with Gasteiger partial charge in [-0.05, 0) is 53.2 Å². The van der Waals surface area contributed by atoms with Crippen LogP contribution in [0, 0.1) is 5.82 Å². The fourth-order valence-electron chi connectivity index (χ4n) is 2.16. The van der Waals surface area contributed by atoms with Gasteiger partial charge in [0.05, 0.1) is 11.4 Å². The van der Waals surface area contributed by atoms with E-state index < -0.39 is 0 Å². The highest BCUT2D eigenvalue weighted by Crippen LogP contribution is 2.33. The molecule has 0 saturated carbocycles. The maximum absolute atomic E-state index is 12.9. The molecular formula is C17H11BrFNO2S. The molecule has 2 aromatic carbocycles. The summed E-state index contributed by atoms with van der Waals surface area (Å²) in [5, 5.41) is -0.302. The average Bonchev–Trinajstić information content (AvgIpc) is 2.77. The molecule has 1 aliphatic heterocycles. The van der Waals surface area contributed by atoms with Crippen LogP contribution in [0.1, 0.15) is 11.1 Å². The summed E-state index contributed by atoms with van der Waals surface area (Å²) >= 11 is 4.27. The van der Waals surface area contributed by atoms with E-state index in [2.05, 4.69) is 15.9 Å². The smallest absolute Gasteiger partial charge is 0.268 e. The van der Waals surface area contributed by atoms with Crippen molar-refractivity contribution in [1.29, 1.82) is 0 Å². The fraction of sp³-hybridized carbons (Fsp3) is 0.0588. The Morgan fingerprint density at radius 1 is 1.13 bits per heavy atom. The van der Waals surface area contributed by atoms with Crippen molar-refractivity contribution in [3.63, 3.8) is 0 Å². The lowest BCUT2D eigenvalue weighted by molar-refractivity contribution is -0.123. The van der Waals surface area contributed by atoms with E-state index in [1.807, 2.05) is 24.3 Å². The number of benzene rings is 2. The van der Waals surface area contributed by atoms with Crippen molar-refractivity contribution in [1.82, 2.24) is 4.90 Å². The van der Waals surface area contributed by atoms with E-state index in [-0.39, 0.29) is 23.5 Å². The molecule has 23 heavy (non-hydrogen) atoms. The van der Waals surface area contributed by atoms with Crippen LogP contribution in [-0.4, -0.2) is 16.0 Å². The molecule has 6 heteroatoms. The van der Waals surface area contributed by atoms with E-state index in [4.69, 9.17) is 0 Å². The summed E-state index contributed by atoms with van der Waals surface area (Å²) in [7, 11) is 0. The molecule has 1 heterocycles. The van der Waals surface area contributed by atoms with Gasteiger partial charge in [-0.1, -0.05) is 40.2 Å². The summed E-state index contributed by atoms with van der Waals surface area (Å²) < 4.78 is 13.8. The molecule has 3 rings (SSSR count). The molecule has 116 valence electrons. The number of nitrogens with zero attached hydrogens (tertiary/aromatic N) is 1. The number of thioether (sulfide) groups is 1. The van der Waals surface area contributed by atoms with Crippen LogP contribution in [0.15, 0.2) is 57.9 Å². The maximum Gasteiger partial charge on any atom is 0.293 e. The van der Waals surface area contributed by atoms with Gasteiger partial charge in [-0.3, -0.25) is 14.5 Å². The highest BCUT2D eigenvalue weighted by Gasteiger charge is 2.34. The lowest BCUT2D eigenvalue weighted by Gasteiger charge is -2.12. The second-order valence-electron chi connectivity index (χ2n) is 4.95. The van der Waals surface area contributed by atoms with Gasteiger partial charge in [0, 0.05) is 4.47 Å². The third kappa shape index (κ3) is 3.71. The summed E-state index contributed by atoms with van der Waals surface area (Å²) in [6, 6.07) is 13.2. The first-order valence-electron chi connectivity index (χ1n) is 6.78. The Labute approximate surface area is 145 Å². The lowest BCUT2D eigenvalue weighted by atomic mass is 10.2. The Balaban J connectivity index is 1.81. The Hall–Kier alpha value is -1.92. The van der Waals surface area contributed by atoms with Crippen LogP contribution in [0.5, 0.6) is 0 Å². The zero-order valence-electron chi connectivity index (χ0n) is 11.8. The molecule has 0 radical (unpaired) electrons. The minimum absolute atomic E-state index is 0.227. The first-order valence-corrected chi connectivity index (χ1v) is 8.39. The van der Waals surface area contributed by atoms with E-state index in [1.165, 1.54) is 17.0 Å². The number of carbonyl (C=O) groups excluding carboxylic acids is 2. The van der Waals surface area contributed by atoms with Crippen molar-refractivity contribution in [2.75, 3.05) is 0 Å². The van der Waals surface area contributed by atoms with Crippen LogP contribution in [0.3, 0.4) is 0 Å². The number of rotatable bonds is 3. The summed E-state index contributed by atoms with van der Waals surface area (Å²) in [4.78, 5) is 26.0. The molecule has 0 N–H and O–H groups in total. The van der Waals surface area contributed by atoms with E-state index >= 15 is 0 Å². The molecule has 1 saturated heterocycles. The number of halogens is 2. The van der Waals surface area contributed by atoms with Crippen molar-refractivity contribution in [2.24, 2.45) is 0 Å². The molecule has 0 spiro atoms. The standard InChI is InChI=1S/C17H11BrFNO2S/c18-13-3-1-2-12(8-13)10-20-16(21)15(23-17(20)22)9-11-4-6-14(19)7-5-11/h1-9H,10H2/b15-9+. The topological polar surface area (TPSA) is 37.4 Å². The van der Waals surface area contributed by atoms with Crippen LogP contribution < -0.4 is 0 Å². The lowest BCUT2D eigenvalue weighted by Crippen LogP contribution is -2.27. The molecule has 2 aromatic rings. The fourth-order valence-corrected chi connectivity index (χ4v) is 3.45. The van der Waals surface area contributed by atoms with Crippen LogP contribution >= 0.6 is 27.7 Å². The highest BCUT2D eigenvalue weighted by atomic mass is 79.9. The highest BCUT2D eigenvalue weighted by molar-refractivity contribution is 9.10. The zero-order valence-corrected chi connectivity index (χ0v) is 14.2. The number of hydrogen-bond donors (Lipinski definition) is 0. The Bertz CT molecular complexity index is 804. The molecule has 0 bridgehead atoms. The molecule has 1 fully saturated rings. The van der Waals surface area contributed by atoms with E-state index in [0.717, 1.165) is 21.8 Å². The van der Waals surface area contributed by atoms with Crippen LogP contribution in [-0.2, 0) is 11.3 Å². The predicted octanol–water partition coefficient (Wildman–Crippen LogP) is 4.82. The molecule has 3 nitrogen and oxygen atoms in total. The van der Waals surface area contributed by atoms with Gasteiger partial charge in [-0.15, -0.1) is 0 Å². The van der Waals surface area contributed by atoms with Crippen molar-refractivity contribution in [2.45, 2.75) is 6.54 Å². The minimum atomic E-state index is -0.343. The SMILES string of the molecule is O=C1S/C(=C/c2ccc(F)cc2)C(=O)N1Cc1cccc(Br)c1. The van der Waals surface area contributed by atoms with Gasteiger partial charge in [-0.2, -0.15) is 0 Å². The van der Waals surface area contributed by atoms with Crippen LogP contribution in [0.2, 0.25) is 0 Å². The van der Waals surface area contributed by atoms with Gasteiger partial charge < -0.3 is 0 Å². The number of amides is 2. The van der Waals surface area contributed by atoms with E-state index in [9.17, 15) is 14.0 Å². The van der Waals surface area contributed by atoms with Gasteiger partial charge in [-0.25, -0.2) is 4.39 Å². The Morgan fingerprint density at radius 2 is 1.87 bits per heavy atom. The first kappa shape index (κ1) is 16.0. The Morgan fingerprint density at radius 3 is 2.57 bits per heavy atom. The number of imide groups is 1. The minimum Gasteiger partial charge on any atom is -0.268 e. The third-order valence-corrected chi connectivity index (χ3v) is 4.67. The number of hydrogen-bond acceptors (Lipinski definition) is 3. The molecule has 0 aromatic heterocycles. The van der Waals surface area contributed by atoms with Gasteiger partial charge in [0.25, 0.3) is 11.1 Å². The van der Waals surface area contributed by atoms with E-state index in [1.54, 1.807) is 18.2 Å². The second-order valence-corrected chi connectivity index (χ2v) is 6.86. The molecule has 1 aliphatic rings. The van der Waals surface area contributed by atoms with Gasteiger partial charge in [0.15, 0.2) is 0 Å². The van der Waals surface area contributed by atoms with Gasteiger partial charge >= 0.3 is 0 Å². The maximum atomic E-state index is 12.9. The largest absolute Gasteiger partial charge is 0.293 e. The first-order chi connectivity index (χ1) is 11.0. The van der Waals surface area contributed by atoms with Gasteiger partial charge in [0.1, 0.15) is 5.82 Å². The monoisotopic (exact) mass is 391 g/mol. The summed E-state index contributed by atoms with van der Waals surface area (Å²) in [6.07, 6.45) is 1.60. The van der Waals surface area contributed by atoms with Crippen molar-refractivity contribution in [3.8, 4) is 0 Å². The quantitative estimate of drug-likeness (QED) is 0.703. The van der Waals surface area contributed by atoms with E-state index in [0.29, 0.717) is 10.5 Å². The number of carbonyl (C=O) groups is 2. The van der Waals surface area contributed by atoms with Gasteiger partial charge in [0.2, 0.25) is 0 Å². The molecule has 2 amide bonds. The van der Waals surface area contributed by atoms with Crippen molar-refractivity contribution >= 4 is 44.9 Å². The zero-order chi connectivity index (χ0) is 16.4.